The Labute approximate surface area is 290 Å². The van der Waals surface area contributed by atoms with Crippen LogP contribution in [-0.4, -0.2) is 0 Å². The predicted octanol–water partition coefficient (Wildman–Crippen LogP) is 13.9. The van der Waals surface area contributed by atoms with Gasteiger partial charge in [-0.2, -0.15) is 0 Å². The van der Waals surface area contributed by atoms with Gasteiger partial charge in [0.1, 0.15) is 0 Å². The maximum Gasteiger partial charge on any atom is 0.0462 e. The van der Waals surface area contributed by atoms with Crippen LogP contribution in [0.2, 0.25) is 0 Å². The molecule has 0 radical (unpaired) electrons. The molecule has 0 spiro atoms. The Hall–Kier alpha value is -4.82. The van der Waals surface area contributed by atoms with Crippen molar-refractivity contribution in [3.8, 4) is 0 Å². The average Bonchev–Trinajstić information content (AvgIpc) is 3.12. The van der Waals surface area contributed by atoms with Crippen LogP contribution < -0.4 is 9.80 Å². The molecule has 0 atom stereocenters. The molecule has 0 aliphatic heterocycles. The SMILES string of the molecule is CC.Cc1ccc(N(C2=CC=C(c3ccc(N(c4ccc(C)cc4)c4ccc(C(C)C)cc4)cc3)CC2)c2ccc(C(C)C)cc2)cc1. The Morgan fingerprint density at radius 3 is 1.12 bits per heavy atom. The van der Waals surface area contributed by atoms with E-state index in [1.807, 2.05) is 13.8 Å². The molecular weight excluding hydrogens is 581 g/mol. The lowest BCUT2D eigenvalue weighted by molar-refractivity contribution is 0.865. The molecule has 0 fully saturated rings. The predicted molar refractivity (Wildman–Crippen MR) is 210 cm³/mol. The summed E-state index contributed by atoms with van der Waals surface area (Å²) in [5.41, 5.74) is 15.1. The minimum atomic E-state index is 0.508. The molecule has 0 heterocycles. The second-order valence-corrected chi connectivity index (χ2v) is 13.2. The molecule has 5 aromatic carbocycles. The van der Waals surface area contributed by atoms with Gasteiger partial charge in [-0.1, -0.05) is 119 Å². The van der Waals surface area contributed by atoms with Crippen molar-refractivity contribution in [3.05, 3.63) is 167 Å². The molecule has 2 nitrogen and oxygen atoms in total. The lowest BCUT2D eigenvalue weighted by Gasteiger charge is -2.30. The Morgan fingerprint density at radius 2 is 0.771 bits per heavy atom. The minimum Gasteiger partial charge on any atom is -0.314 e. The van der Waals surface area contributed by atoms with Crippen molar-refractivity contribution < 1.29 is 0 Å². The molecule has 0 amide bonds. The molecule has 6 rings (SSSR count). The van der Waals surface area contributed by atoms with Crippen molar-refractivity contribution in [1.82, 2.24) is 0 Å². The normalized spacial score (nSPS) is 12.6. The fourth-order valence-electron chi connectivity index (χ4n) is 6.21. The molecule has 1 aliphatic carbocycles. The fraction of sp³-hybridized carbons (Fsp3) is 0.261. The Kier molecular flexibility index (Phi) is 11.4. The summed E-state index contributed by atoms with van der Waals surface area (Å²) in [4.78, 5) is 4.77. The summed E-state index contributed by atoms with van der Waals surface area (Å²) in [5, 5.41) is 0. The van der Waals surface area contributed by atoms with E-state index in [9.17, 15) is 0 Å². The maximum absolute atomic E-state index is 2.42. The summed E-state index contributed by atoms with van der Waals surface area (Å²) >= 11 is 0. The smallest absolute Gasteiger partial charge is 0.0462 e. The van der Waals surface area contributed by atoms with Gasteiger partial charge in [-0.05, 0) is 128 Å². The quantitative estimate of drug-likeness (QED) is 0.159. The summed E-state index contributed by atoms with van der Waals surface area (Å²) in [6, 6.07) is 44.9. The second-order valence-electron chi connectivity index (χ2n) is 13.2. The van der Waals surface area contributed by atoms with E-state index in [0.717, 1.165) is 24.2 Å². The van der Waals surface area contributed by atoms with E-state index in [1.165, 1.54) is 56.1 Å². The van der Waals surface area contributed by atoms with Gasteiger partial charge in [0.25, 0.3) is 0 Å². The molecule has 48 heavy (non-hydrogen) atoms. The first-order valence-electron chi connectivity index (χ1n) is 17.7. The first-order valence-corrected chi connectivity index (χ1v) is 17.7. The Balaban J connectivity index is 0.00000221. The van der Waals surface area contributed by atoms with E-state index in [0.29, 0.717) is 11.8 Å². The van der Waals surface area contributed by atoms with E-state index in [2.05, 4.69) is 185 Å². The van der Waals surface area contributed by atoms with Gasteiger partial charge in [-0.15, -0.1) is 0 Å². The van der Waals surface area contributed by atoms with E-state index >= 15 is 0 Å². The van der Waals surface area contributed by atoms with E-state index in [-0.39, 0.29) is 0 Å². The Morgan fingerprint density at radius 1 is 0.417 bits per heavy atom. The van der Waals surface area contributed by atoms with Crippen LogP contribution in [0.15, 0.2) is 139 Å². The molecule has 246 valence electrons. The van der Waals surface area contributed by atoms with Crippen LogP contribution in [0.3, 0.4) is 0 Å². The monoisotopic (exact) mass is 632 g/mol. The molecule has 1 aliphatic rings. The zero-order valence-corrected chi connectivity index (χ0v) is 30.2. The third-order valence-corrected chi connectivity index (χ3v) is 9.13. The van der Waals surface area contributed by atoms with Crippen molar-refractivity contribution in [1.29, 1.82) is 0 Å². The number of nitrogens with zero attached hydrogens (tertiary/aromatic N) is 2. The highest BCUT2D eigenvalue weighted by Crippen LogP contribution is 2.39. The number of allylic oxidation sites excluding steroid dienone is 4. The van der Waals surface area contributed by atoms with Crippen LogP contribution >= 0.6 is 0 Å². The molecule has 5 aromatic rings. The third-order valence-electron chi connectivity index (χ3n) is 9.13. The van der Waals surface area contributed by atoms with Crippen molar-refractivity contribution in [2.75, 3.05) is 9.80 Å². The van der Waals surface area contributed by atoms with Crippen molar-refractivity contribution in [2.45, 2.75) is 80.1 Å². The van der Waals surface area contributed by atoms with Crippen LogP contribution in [0.4, 0.5) is 28.4 Å². The van der Waals surface area contributed by atoms with Gasteiger partial charge in [-0.25, -0.2) is 0 Å². The van der Waals surface area contributed by atoms with Crippen molar-refractivity contribution in [2.24, 2.45) is 0 Å². The van der Waals surface area contributed by atoms with E-state index in [1.54, 1.807) is 0 Å². The molecular formula is C46H52N2. The lowest BCUT2D eigenvalue weighted by atomic mass is 9.94. The number of aryl methyl sites for hydroxylation is 2. The molecule has 0 unspecified atom stereocenters. The summed E-state index contributed by atoms with van der Waals surface area (Å²) < 4.78 is 0. The highest BCUT2D eigenvalue weighted by molar-refractivity contribution is 5.79. The Bertz CT molecular complexity index is 1800. The van der Waals surface area contributed by atoms with Crippen molar-refractivity contribution in [3.63, 3.8) is 0 Å². The molecule has 0 saturated heterocycles. The summed E-state index contributed by atoms with van der Waals surface area (Å²) in [6.45, 7) is 17.3. The van der Waals surface area contributed by atoms with Gasteiger partial charge < -0.3 is 9.80 Å². The molecule has 0 saturated carbocycles. The van der Waals surface area contributed by atoms with E-state index in [4.69, 9.17) is 0 Å². The molecule has 2 heteroatoms. The lowest BCUT2D eigenvalue weighted by Crippen LogP contribution is -2.18. The van der Waals surface area contributed by atoms with Gasteiger partial charge in [0.05, 0.1) is 0 Å². The number of benzene rings is 5. The number of hydrogen-bond donors (Lipinski definition) is 0. The largest absolute Gasteiger partial charge is 0.314 e. The molecule has 0 N–H and O–H groups in total. The molecule has 0 aromatic heterocycles. The van der Waals surface area contributed by atoms with Gasteiger partial charge in [0.15, 0.2) is 0 Å². The van der Waals surface area contributed by atoms with Gasteiger partial charge in [0, 0.05) is 34.1 Å². The van der Waals surface area contributed by atoms with Crippen molar-refractivity contribution >= 4 is 34.0 Å². The average molecular weight is 633 g/mol. The highest BCUT2D eigenvalue weighted by Gasteiger charge is 2.19. The number of hydrogen-bond acceptors (Lipinski definition) is 2. The third kappa shape index (κ3) is 8.00. The summed E-state index contributed by atoms with van der Waals surface area (Å²) in [6.07, 6.45) is 6.61. The standard InChI is InChI=1S/C44H46N2.C2H6/c1-31(2)35-11-23-41(24-12-35)45(39-19-7-33(5)8-20-39)43-27-15-37(16-28-43)38-17-29-44(30-18-38)46(40-21-9-34(6)10-22-40)42-25-13-36(14-26-42)32(3)4;1-2/h7-17,19-29,31-32H,18,30H2,1-6H3;1-2H3. The molecule has 0 bridgehead atoms. The zero-order chi connectivity index (χ0) is 34.2. The minimum absolute atomic E-state index is 0.508. The van der Waals surface area contributed by atoms with Crippen LogP contribution in [0, 0.1) is 13.8 Å². The second kappa shape index (κ2) is 15.8. The number of anilines is 5. The van der Waals surface area contributed by atoms with E-state index < -0.39 is 0 Å². The van der Waals surface area contributed by atoms with Crippen LogP contribution in [0.1, 0.15) is 94.0 Å². The zero-order valence-electron chi connectivity index (χ0n) is 30.2. The maximum atomic E-state index is 2.42. The summed E-state index contributed by atoms with van der Waals surface area (Å²) in [7, 11) is 0. The number of rotatable bonds is 9. The van der Waals surface area contributed by atoms with Crippen LogP contribution in [0.25, 0.3) is 5.57 Å². The first kappa shape index (κ1) is 34.5. The highest BCUT2D eigenvalue weighted by atomic mass is 15.2. The van der Waals surface area contributed by atoms with Crippen LogP contribution in [-0.2, 0) is 0 Å². The van der Waals surface area contributed by atoms with Gasteiger partial charge >= 0.3 is 0 Å². The first-order chi connectivity index (χ1) is 23.3. The van der Waals surface area contributed by atoms with Crippen LogP contribution in [0.5, 0.6) is 0 Å². The van der Waals surface area contributed by atoms with Gasteiger partial charge in [-0.3, -0.25) is 0 Å². The van der Waals surface area contributed by atoms with Gasteiger partial charge in [0.2, 0.25) is 0 Å². The summed E-state index contributed by atoms with van der Waals surface area (Å²) in [5.74, 6) is 1.02. The fourth-order valence-corrected chi connectivity index (χ4v) is 6.21. The topological polar surface area (TPSA) is 6.48 Å².